The van der Waals surface area contributed by atoms with E-state index in [1.54, 1.807) is 6.20 Å². The zero-order chi connectivity index (χ0) is 19.3. The van der Waals surface area contributed by atoms with Gasteiger partial charge in [-0.2, -0.15) is 0 Å². The zero-order valence-corrected chi connectivity index (χ0v) is 15.3. The molecule has 0 atom stereocenters. The molecule has 0 aliphatic heterocycles. The number of hydrogen-bond acceptors (Lipinski definition) is 6. The highest BCUT2D eigenvalue weighted by Crippen LogP contribution is 2.24. The summed E-state index contributed by atoms with van der Waals surface area (Å²) in [7, 11) is 0. The third kappa shape index (κ3) is 4.87. The maximum atomic E-state index is 12.7. The largest absolute Gasteiger partial charge is 0.326 e. The number of carbonyl (C=O) groups excluding carboxylic acids is 2. The minimum atomic E-state index is -0.606. The number of aryl methyl sites for hydroxylation is 1. The van der Waals surface area contributed by atoms with Crippen LogP contribution in [0.3, 0.4) is 0 Å². The predicted octanol–water partition coefficient (Wildman–Crippen LogP) is 3.28. The van der Waals surface area contributed by atoms with E-state index in [4.69, 9.17) is 11.6 Å². The van der Waals surface area contributed by atoms with E-state index in [1.165, 1.54) is 34.4 Å². The van der Waals surface area contributed by atoms with Gasteiger partial charge in [0.1, 0.15) is 6.54 Å². The normalized spacial score (nSPS) is 10.2. The second-order valence-corrected chi connectivity index (χ2v) is 6.86. The van der Waals surface area contributed by atoms with Gasteiger partial charge in [0.25, 0.3) is 11.6 Å². The smallest absolute Gasteiger partial charge is 0.270 e. The van der Waals surface area contributed by atoms with Crippen molar-refractivity contribution in [3.63, 3.8) is 0 Å². The summed E-state index contributed by atoms with van der Waals surface area (Å²) in [5.74, 6) is -0.956. The predicted molar refractivity (Wildman–Crippen MR) is 99.7 cm³/mol. The van der Waals surface area contributed by atoms with E-state index in [1.807, 2.05) is 6.92 Å². The molecule has 1 N–H and O–H groups in total. The third-order valence-corrected chi connectivity index (χ3v) is 4.37. The SMILES string of the molecule is C=CCN(CC(=O)Nc1ncc(C)s1)C(=O)c1ccc([N+](=O)[O-])cc1Cl. The lowest BCUT2D eigenvalue weighted by Crippen LogP contribution is -2.38. The van der Waals surface area contributed by atoms with E-state index in [9.17, 15) is 19.7 Å². The molecule has 0 unspecified atom stereocenters. The van der Waals surface area contributed by atoms with Gasteiger partial charge in [-0.1, -0.05) is 17.7 Å². The number of carbonyl (C=O) groups is 2. The molecule has 0 bridgehead atoms. The van der Waals surface area contributed by atoms with Crippen molar-refractivity contribution in [2.45, 2.75) is 6.92 Å². The van der Waals surface area contributed by atoms with Crippen molar-refractivity contribution >= 4 is 45.6 Å². The fourth-order valence-corrected chi connectivity index (χ4v) is 3.02. The van der Waals surface area contributed by atoms with Crippen molar-refractivity contribution in [1.29, 1.82) is 0 Å². The van der Waals surface area contributed by atoms with Crippen LogP contribution in [-0.4, -0.2) is 39.7 Å². The first-order chi connectivity index (χ1) is 12.3. The van der Waals surface area contributed by atoms with Gasteiger partial charge in [-0.05, 0) is 13.0 Å². The topological polar surface area (TPSA) is 105 Å². The summed E-state index contributed by atoms with van der Waals surface area (Å²) in [5.41, 5.74) is -0.157. The number of aromatic nitrogens is 1. The standard InChI is InChI=1S/C16H15ClN4O4S/c1-3-6-20(9-14(22)19-16-18-8-10(2)26-16)15(23)12-5-4-11(21(24)25)7-13(12)17/h3-5,7-8H,1,6,9H2,2H3,(H,18,19,22). The molecule has 0 aliphatic carbocycles. The summed E-state index contributed by atoms with van der Waals surface area (Å²) in [6, 6.07) is 3.55. The molecular formula is C16H15ClN4O4S. The average molecular weight is 395 g/mol. The number of nitro groups is 1. The van der Waals surface area contributed by atoms with Gasteiger partial charge in [-0.3, -0.25) is 19.7 Å². The number of halogens is 1. The van der Waals surface area contributed by atoms with Gasteiger partial charge in [0.05, 0.1) is 15.5 Å². The Morgan fingerprint density at radius 2 is 2.23 bits per heavy atom. The Morgan fingerprint density at radius 3 is 2.77 bits per heavy atom. The monoisotopic (exact) mass is 394 g/mol. The lowest BCUT2D eigenvalue weighted by molar-refractivity contribution is -0.384. The van der Waals surface area contributed by atoms with Crippen LogP contribution in [0, 0.1) is 17.0 Å². The molecule has 2 rings (SSSR count). The van der Waals surface area contributed by atoms with Crippen LogP contribution < -0.4 is 5.32 Å². The van der Waals surface area contributed by atoms with E-state index < -0.39 is 16.7 Å². The molecule has 1 aromatic carbocycles. The second-order valence-electron chi connectivity index (χ2n) is 5.22. The Kier molecular flexibility index (Phi) is 6.42. The molecule has 0 radical (unpaired) electrons. The van der Waals surface area contributed by atoms with Crippen LogP contribution in [-0.2, 0) is 4.79 Å². The Labute approximate surface area is 158 Å². The number of non-ortho nitro benzene ring substituents is 1. The number of amides is 2. The molecule has 8 nitrogen and oxygen atoms in total. The van der Waals surface area contributed by atoms with Crippen LogP contribution in [0.2, 0.25) is 5.02 Å². The molecule has 26 heavy (non-hydrogen) atoms. The summed E-state index contributed by atoms with van der Waals surface area (Å²) in [4.78, 5) is 41.2. The highest BCUT2D eigenvalue weighted by atomic mass is 35.5. The number of nitrogens with zero attached hydrogens (tertiary/aromatic N) is 3. The molecule has 0 spiro atoms. The van der Waals surface area contributed by atoms with Gasteiger partial charge in [0.15, 0.2) is 5.13 Å². The maximum Gasteiger partial charge on any atom is 0.270 e. The molecule has 2 aromatic rings. The Balaban J connectivity index is 2.15. The lowest BCUT2D eigenvalue weighted by atomic mass is 10.1. The fraction of sp³-hybridized carbons (Fsp3) is 0.188. The summed E-state index contributed by atoms with van der Waals surface area (Å²) < 4.78 is 0. The molecule has 2 amide bonds. The first-order valence-electron chi connectivity index (χ1n) is 7.38. The first kappa shape index (κ1) is 19.5. The average Bonchev–Trinajstić information content (AvgIpc) is 2.98. The molecule has 1 heterocycles. The molecule has 10 heteroatoms. The van der Waals surface area contributed by atoms with E-state index in [0.717, 1.165) is 10.9 Å². The number of rotatable bonds is 7. The van der Waals surface area contributed by atoms with Gasteiger partial charge in [0, 0.05) is 29.8 Å². The number of anilines is 1. The van der Waals surface area contributed by atoms with Gasteiger partial charge in [-0.25, -0.2) is 4.98 Å². The van der Waals surface area contributed by atoms with Crippen molar-refractivity contribution in [2.75, 3.05) is 18.4 Å². The van der Waals surface area contributed by atoms with E-state index >= 15 is 0 Å². The molecule has 1 aromatic heterocycles. The second kappa shape index (κ2) is 8.54. The molecule has 0 saturated heterocycles. The first-order valence-corrected chi connectivity index (χ1v) is 8.57. The fourth-order valence-electron chi connectivity index (χ4n) is 2.08. The van der Waals surface area contributed by atoms with Crippen molar-refractivity contribution < 1.29 is 14.5 Å². The quantitative estimate of drug-likeness (QED) is 0.440. The summed E-state index contributed by atoms with van der Waals surface area (Å²) in [6.45, 7) is 5.30. The van der Waals surface area contributed by atoms with Gasteiger partial charge >= 0.3 is 0 Å². The van der Waals surface area contributed by atoms with Gasteiger partial charge < -0.3 is 10.2 Å². The molecule has 0 saturated carbocycles. The van der Waals surface area contributed by atoms with Crippen LogP contribution in [0.25, 0.3) is 0 Å². The van der Waals surface area contributed by atoms with Crippen LogP contribution >= 0.6 is 22.9 Å². The van der Waals surface area contributed by atoms with Crippen molar-refractivity contribution in [3.05, 3.63) is 62.6 Å². The number of thiazole rings is 1. The number of hydrogen-bond donors (Lipinski definition) is 1. The highest BCUT2D eigenvalue weighted by Gasteiger charge is 2.22. The van der Waals surface area contributed by atoms with Gasteiger partial charge in [-0.15, -0.1) is 17.9 Å². The molecule has 136 valence electrons. The summed E-state index contributed by atoms with van der Waals surface area (Å²) in [5, 5.41) is 13.8. The van der Waals surface area contributed by atoms with E-state index in [2.05, 4.69) is 16.9 Å². The van der Waals surface area contributed by atoms with Crippen LogP contribution in [0.4, 0.5) is 10.8 Å². The number of nitro benzene ring substituents is 1. The zero-order valence-electron chi connectivity index (χ0n) is 13.8. The summed E-state index contributed by atoms with van der Waals surface area (Å²) in [6.07, 6.45) is 3.10. The maximum absolute atomic E-state index is 12.7. The molecule has 0 aliphatic rings. The third-order valence-electron chi connectivity index (χ3n) is 3.23. The van der Waals surface area contributed by atoms with Crippen LogP contribution in [0.15, 0.2) is 37.1 Å². The summed E-state index contributed by atoms with van der Waals surface area (Å²) >= 11 is 7.31. The van der Waals surface area contributed by atoms with Gasteiger partial charge in [0.2, 0.25) is 5.91 Å². The van der Waals surface area contributed by atoms with E-state index in [-0.39, 0.29) is 29.4 Å². The lowest BCUT2D eigenvalue weighted by Gasteiger charge is -2.20. The van der Waals surface area contributed by atoms with Crippen molar-refractivity contribution in [1.82, 2.24) is 9.88 Å². The Morgan fingerprint density at radius 1 is 1.50 bits per heavy atom. The minimum absolute atomic E-state index is 0.0609. The number of benzene rings is 1. The van der Waals surface area contributed by atoms with Crippen LogP contribution in [0.1, 0.15) is 15.2 Å². The Hall–Kier alpha value is -2.78. The Bertz CT molecular complexity index is 868. The number of nitrogens with one attached hydrogen (secondary N) is 1. The van der Waals surface area contributed by atoms with Crippen LogP contribution in [0.5, 0.6) is 0 Å². The highest BCUT2D eigenvalue weighted by molar-refractivity contribution is 7.15. The molecular weight excluding hydrogens is 380 g/mol. The van der Waals surface area contributed by atoms with E-state index in [0.29, 0.717) is 5.13 Å². The van der Waals surface area contributed by atoms with Crippen molar-refractivity contribution in [3.8, 4) is 0 Å². The minimum Gasteiger partial charge on any atom is -0.326 e. The molecule has 0 fully saturated rings. The van der Waals surface area contributed by atoms with Crippen molar-refractivity contribution in [2.24, 2.45) is 0 Å².